The Balaban J connectivity index is 1.30. The SMILES string of the molecule is O=C(COC(=O)COc1ccc2ccccc2c1)Nc1cc(Cl)ccc1-n1cncn1. The van der Waals surface area contributed by atoms with Crippen molar-refractivity contribution < 1.29 is 19.1 Å². The monoisotopic (exact) mass is 436 g/mol. The molecule has 9 heteroatoms. The molecule has 0 bridgehead atoms. The van der Waals surface area contributed by atoms with E-state index in [1.165, 1.54) is 17.3 Å². The summed E-state index contributed by atoms with van der Waals surface area (Å²) < 4.78 is 12.0. The van der Waals surface area contributed by atoms with Gasteiger partial charge in [-0.25, -0.2) is 14.5 Å². The first-order valence-corrected chi connectivity index (χ1v) is 9.68. The maximum absolute atomic E-state index is 12.3. The number of halogens is 1. The molecule has 0 aliphatic rings. The topological polar surface area (TPSA) is 95.3 Å². The number of ether oxygens (including phenoxy) is 2. The molecule has 0 saturated carbocycles. The molecule has 156 valence electrons. The van der Waals surface area contributed by atoms with Crippen molar-refractivity contribution in [2.24, 2.45) is 0 Å². The Kier molecular flexibility index (Phi) is 6.09. The van der Waals surface area contributed by atoms with Crippen LogP contribution in [0.25, 0.3) is 16.5 Å². The van der Waals surface area contributed by atoms with Crippen molar-refractivity contribution in [3.05, 3.63) is 78.3 Å². The Morgan fingerprint density at radius 2 is 1.84 bits per heavy atom. The Hall–Kier alpha value is -3.91. The van der Waals surface area contributed by atoms with Gasteiger partial charge in [0.05, 0.1) is 11.4 Å². The summed E-state index contributed by atoms with van der Waals surface area (Å²) in [4.78, 5) is 28.1. The van der Waals surface area contributed by atoms with Crippen LogP contribution in [-0.2, 0) is 14.3 Å². The van der Waals surface area contributed by atoms with Crippen molar-refractivity contribution >= 4 is 39.9 Å². The highest BCUT2D eigenvalue weighted by molar-refractivity contribution is 6.31. The highest BCUT2D eigenvalue weighted by atomic mass is 35.5. The van der Waals surface area contributed by atoms with Crippen LogP contribution < -0.4 is 10.1 Å². The average Bonchev–Trinajstić information content (AvgIpc) is 3.31. The van der Waals surface area contributed by atoms with Crippen molar-refractivity contribution in [1.29, 1.82) is 0 Å². The van der Waals surface area contributed by atoms with Crippen LogP contribution in [0.5, 0.6) is 5.75 Å². The fourth-order valence-electron chi connectivity index (χ4n) is 2.91. The summed E-state index contributed by atoms with van der Waals surface area (Å²) in [7, 11) is 0. The number of carbonyl (C=O) groups is 2. The number of hydrogen-bond acceptors (Lipinski definition) is 6. The van der Waals surface area contributed by atoms with E-state index in [1.807, 2.05) is 36.4 Å². The maximum Gasteiger partial charge on any atom is 0.344 e. The van der Waals surface area contributed by atoms with Crippen molar-refractivity contribution in [1.82, 2.24) is 14.8 Å². The molecule has 0 aliphatic carbocycles. The van der Waals surface area contributed by atoms with E-state index in [9.17, 15) is 9.59 Å². The molecular weight excluding hydrogens is 420 g/mol. The number of aromatic nitrogens is 3. The van der Waals surface area contributed by atoms with Crippen LogP contribution >= 0.6 is 11.6 Å². The zero-order valence-electron chi connectivity index (χ0n) is 16.2. The molecule has 1 aromatic heterocycles. The van der Waals surface area contributed by atoms with Gasteiger partial charge < -0.3 is 14.8 Å². The predicted molar refractivity (Wildman–Crippen MR) is 115 cm³/mol. The second-order valence-electron chi connectivity index (χ2n) is 6.51. The fraction of sp³-hybridized carbons (Fsp3) is 0.0909. The fourth-order valence-corrected chi connectivity index (χ4v) is 3.09. The number of rotatable bonds is 7. The molecular formula is C22H17ClN4O4. The number of hydrogen-bond donors (Lipinski definition) is 1. The first-order valence-electron chi connectivity index (χ1n) is 9.30. The molecule has 0 spiro atoms. The number of benzene rings is 3. The molecule has 4 aromatic rings. The third-order valence-electron chi connectivity index (χ3n) is 4.34. The molecule has 8 nitrogen and oxygen atoms in total. The first-order chi connectivity index (χ1) is 15.1. The summed E-state index contributed by atoms with van der Waals surface area (Å²) in [5.41, 5.74) is 0.979. The molecule has 0 unspecified atom stereocenters. The van der Waals surface area contributed by atoms with Gasteiger partial charge in [-0.15, -0.1) is 0 Å². The van der Waals surface area contributed by atoms with Crippen molar-refractivity contribution in [2.75, 3.05) is 18.5 Å². The van der Waals surface area contributed by atoms with Crippen LogP contribution in [-0.4, -0.2) is 39.9 Å². The normalized spacial score (nSPS) is 10.6. The predicted octanol–water partition coefficient (Wildman–Crippen LogP) is 3.63. The minimum absolute atomic E-state index is 0.313. The Morgan fingerprint density at radius 1 is 1.00 bits per heavy atom. The molecule has 31 heavy (non-hydrogen) atoms. The molecule has 0 atom stereocenters. The molecule has 1 amide bonds. The lowest BCUT2D eigenvalue weighted by Gasteiger charge is -2.12. The van der Waals surface area contributed by atoms with Gasteiger partial charge >= 0.3 is 5.97 Å². The lowest BCUT2D eigenvalue weighted by Crippen LogP contribution is -2.24. The van der Waals surface area contributed by atoms with E-state index in [0.29, 0.717) is 22.1 Å². The molecule has 1 N–H and O–H groups in total. The highest BCUT2D eigenvalue weighted by Crippen LogP contribution is 2.24. The van der Waals surface area contributed by atoms with E-state index in [4.69, 9.17) is 21.1 Å². The van der Waals surface area contributed by atoms with Crippen molar-refractivity contribution in [2.45, 2.75) is 0 Å². The second kappa shape index (κ2) is 9.27. The van der Waals surface area contributed by atoms with Crippen LogP contribution in [0, 0.1) is 0 Å². The minimum atomic E-state index is -0.661. The number of nitrogens with one attached hydrogen (secondary N) is 1. The van der Waals surface area contributed by atoms with Gasteiger partial charge in [0, 0.05) is 5.02 Å². The Bertz CT molecular complexity index is 1230. The molecule has 0 fully saturated rings. The van der Waals surface area contributed by atoms with Gasteiger partial charge in [0.2, 0.25) is 0 Å². The van der Waals surface area contributed by atoms with Crippen molar-refractivity contribution in [3.8, 4) is 11.4 Å². The lowest BCUT2D eigenvalue weighted by atomic mass is 10.1. The zero-order valence-corrected chi connectivity index (χ0v) is 17.0. The summed E-state index contributed by atoms with van der Waals surface area (Å²) in [5.74, 6) is -0.648. The second-order valence-corrected chi connectivity index (χ2v) is 6.94. The molecule has 3 aromatic carbocycles. The molecule has 4 rings (SSSR count). The standard InChI is InChI=1S/C22H17ClN4O4/c23-17-6-8-20(27-14-24-13-25-27)19(10-17)26-21(28)11-31-22(29)12-30-18-7-5-15-3-1-2-4-16(15)9-18/h1-10,13-14H,11-12H2,(H,26,28). The Labute approximate surface area is 182 Å². The zero-order chi connectivity index (χ0) is 21.6. The quantitative estimate of drug-likeness (QED) is 0.444. The van der Waals surface area contributed by atoms with E-state index >= 15 is 0 Å². The smallest absolute Gasteiger partial charge is 0.344 e. The minimum Gasteiger partial charge on any atom is -0.482 e. The van der Waals surface area contributed by atoms with Gasteiger partial charge in [0.25, 0.3) is 5.91 Å². The molecule has 0 aliphatic heterocycles. The Morgan fingerprint density at radius 3 is 2.65 bits per heavy atom. The molecule has 0 saturated heterocycles. The van der Waals surface area contributed by atoms with E-state index < -0.39 is 18.5 Å². The number of nitrogens with zero attached hydrogens (tertiary/aromatic N) is 3. The summed E-state index contributed by atoms with van der Waals surface area (Å²) in [6, 6.07) is 18.2. The number of carbonyl (C=O) groups excluding carboxylic acids is 2. The first kappa shape index (κ1) is 20.4. The average molecular weight is 437 g/mol. The van der Waals surface area contributed by atoms with Crippen LogP contribution in [0.4, 0.5) is 5.69 Å². The summed E-state index contributed by atoms with van der Waals surface area (Å²) in [6.07, 6.45) is 2.86. The molecule has 0 radical (unpaired) electrons. The maximum atomic E-state index is 12.3. The lowest BCUT2D eigenvalue weighted by molar-refractivity contribution is -0.149. The number of fused-ring (bicyclic) bond motifs is 1. The number of anilines is 1. The summed E-state index contributed by atoms with van der Waals surface area (Å²) in [5, 5.41) is 9.20. The van der Waals surface area contributed by atoms with Gasteiger partial charge in [-0.1, -0.05) is 41.9 Å². The van der Waals surface area contributed by atoms with Crippen LogP contribution in [0.2, 0.25) is 5.02 Å². The van der Waals surface area contributed by atoms with Crippen molar-refractivity contribution in [3.63, 3.8) is 0 Å². The number of esters is 1. The van der Waals surface area contributed by atoms with Gasteiger partial charge in [0.1, 0.15) is 18.4 Å². The van der Waals surface area contributed by atoms with Gasteiger partial charge in [0.15, 0.2) is 13.2 Å². The van der Waals surface area contributed by atoms with Crippen LogP contribution in [0.15, 0.2) is 73.3 Å². The van der Waals surface area contributed by atoms with Crippen LogP contribution in [0.3, 0.4) is 0 Å². The molecule has 1 heterocycles. The number of amides is 1. The van der Waals surface area contributed by atoms with E-state index in [-0.39, 0.29) is 6.61 Å². The van der Waals surface area contributed by atoms with Crippen LogP contribution in [0.1, 0.15) is 0 Å². The highest BCUT2D eigenvalue weighted by Gasteiger charge is 2.13. The summed E-state index contributed by atoms with van der Waals surface area (Å²) >= 11 is 6.03. The third kappa shape index (κ3) is 5.18. The van der Waals surface area contributed by atoms with E-state index in [1.54, 1.807) is 24.3 Å². The van der Waals surface area contributed by atoms with Gasteiger partial charge in [-0.05, 0) is 41.1 Å². The third-order valence-corrected chi connectivity index (χ3v) is 4.58. The van der Waals surface area contributed by atoms with Gasteiger partial charge in [-0.3, -0.25) is 4.79 Å². The largest absolute Gasteiger partial charge is 0.482 e. The van der Waals surface area contributed by atoms with Gasteiger partial charge in [-0.2, -0.15) is 5.10 Å². The summed E-state index contributed by atoms with van der Waals surface area (Å²) in [6.45, 7) is -0.782. The van der Waals surface area contributed by atoms with E-state index in [0.717, 1.165) is 10.8 Å². The van der Waals surface area contributed by atoms with E-state index in [2.05, 4.69) is 15.4 Å².